The summed E-state index contributed by atoms with van der Waals surface area (Å²) in [5.41, 5.74) is 9.67. The molecule has 0 fully saturated rings. The summed E-state index contributed by atoms with van der Waals surface area (Å²) in [5.74, 6) is -0.161. The van der Waals surface area contributed by atoms with Crippen molar-refractivity contribution in [1.29, 1.82) is 0 Å². The molecule has 0 aliphatic heterocycles. The van der Waals surface area contributed by atoms with Crippen LogP contribution in [-0.4, -0.2) is 10.9 Å². The van der Waals surface area contributed by atoms with Crippen LogP contribution in [0.15, 0.2) is 42.5 Å². The first-order valence-corrected chi connectivity index (χ1v) is 6.67. The summed E-state index contributed by atoms with van der Waals surface area (Å²) in [7, 11) is 0. The largest absolute Gasteiger partial charge is 0.389 e. The van der Waals surface area contributed by atoms with E-state index >= 15 is 0 Å². The van der Waals surface area contributed by atoms with Crippen molar-refractivity contribution in [3.05, 3.63) is 64.7 Å². The molecule has 0 atom stereocenters. The summed E-state index contributed by atoms with van der Waals surface area (Å²) in [4.78, 5) is 12.6. The van der Waals surface area contributed by atoms with E-state index in [1.54, 1.807) is 12.1 Å². The first-order valence-electron chi connectivity index (χ1n) is 6.26. The van der Waals surface area contributed by atoms with Crippen LogP contribution in [0.3, 0.4) is 0 Å². The second-order valence-electron chi connectivity index (χ2n) is 4.68. The number of para-hydroxylation sites is 1. The van der Waals surface area contributed by atoms with Gasteiger partial charge in [0.25, 0.3) is 5.91 Å². The van der Waals surface area contributed by atoms with E-state index in [4.69, 9.17) is 18.0 Å². The summed E-state index contributed by atoms with van der Waals surface area (Å²) < 4.78 is 0. The lowest BCUT2D eigenvalue weighted by atomic mass is 10.0. The number of benzene rings is 2. The topological polar surface area (TPSA) is 55.1 Å². The van der Waals surface area contributed by atoms with E-state index in [-0.39, 0.29) is 10.9 Å². The van der Waals surface area contributed by atoms with E-state index in [1.165, 1.54) is 0 Å². The molecule has 3 nitrogen and oxygen atoms in total. The van der Waals surface area contributed by atoms with Gasteiger partial charge in [0.15, 0.2) is 0 Å². The third kappa shape index (κ3) is 3.03. The zero-order valence-corrected chi connectivity index (χ0v) is 12.3. The van der Waals surface area contributed by atoms with Gasteiger partial charge in [0, 0.05) is 11.1 Å². The maximum atomic E-state index is 12.3. The zero-order chi connectivity index (χ0) is 14.7. The van der Waals surface area contributed by atoms with Crippen LogP contribution in [0.4, 0.5) is 5.69 Å². The first-order chi connectivity index (χ1) is 9.49. The molecule has 0 aliphatic rings. The van der Waals surface area contributed by atoms with Crippen molar-refractivity contribution in [3.63, 3.8) is 0 Å². The lowest BCUT2D eigenvalue weighted by molar-refractivity contribution is 0.102. The van der Waals surface area contributed by atoms with Crippen molar-refractivity contribution >= 4 is 28.8 Å². The summed E-state index contributed by atoms with van der Waals surface area (Å²) in [6, 6.07) is 13.0. The molecular formula is C16H16N2OS. The highest BCUT2D eigenvalue weighted by Gasteiger charge is 2.12. The molecule has 0 bridgehead atoms. The minimum atomic E-state index is -0.161. The molecule has 0 radical (unpaired) electrons. The second kappa shape index (κ2) is 5.84. The minimum absolute atomic E-state index is 0.161. The number of hydrogen-bond acceptors (Lipinski definition) is 2. The molecule has 0 saturated carbocycles. The first kappa shape index (κ1) is 14.2. The van der Waals surface area contributed by atoms with Crippen molar-refractivity contribution in [2.75, 3.05) is 5.32 Å². The number of nitrogens with one attached hydrogen (secondary N) is 1. The van der Waals surface area contributed by atoms with Crippen LogP contribution < -0.4 is 11.1 Å². The Balaban J connectivity index is 2.30. The molecule has 3 N–H and O–H groups in total. The van der Waals surface area contributed by atoms with E-state index in [0.717, 1.165) is 11.1 Å². The monoisotopic (exact) mass is 284 g/mol. The highest BCUT2D eigenvalue weighted by molar-refractivity contribution is 7.80. The van der Waals surface area contributed by atoms with E-state index in [1.807, 2.05) is 44.2 Å². The molecule has 0 unspecified atom stereocenters. The Bertz CT molecular complexity index is 680. The van der Waals surface area contributed by atoms with Crippen molar-refractivity contribution in [3.8, 4) is 0 Å². The highest BCUT2D eigenvalue weighted by Crippen LogP contribution is 2.18. The maximum absolute atomic E-state index is 12.3. The van der Waals surface area contributed by atoms with Gasteiger partial charge in [-0.25, -0.2) is 0 Å². The molecule has 1 amide bonds. The van der Waals surface area contributed by atoms with Gasteiger partial charge in [-0.05, 0) is 37.6 Å². The van der Waals surface area contributed by atoms with E-state index in [9.17, 15) is 4.79 Å². The molecule has 0 aromatic heterocycles. The Hall–Kier alpha value is -2.20. The van der Waals surface area contributed by atoms with Crippen molar-refractivity contribution < 1.29 is 4.79 Å². The smallest absolute Gasteiger partial charge is 0.255 e. The number of amides is 1. The van der Waals surface area contributed by atoms with Gasteiger partial charge >= 0.3 is 0 Å². The Morgan fingerprint density at radius 2 is 1.80 bits per heavy atom. The SMILES string of the molecule is Cc1ccc(C(=O)Nc2ccccc2C(N)=S)c(C)c1. The molecule has 2 aromatic carbocycles. The molecule has 2 aromatic rings. The van der Waals surface area contributed by atoms with Crippen LogP contribution in [-0.2, 0) is 0 Å². The normalized spacial score (nSPS) is 10.1. The molecule has 0 aliphatic carbocycles. The second-order valence-corrected chi connectivity index (χ2v) is 5.12. The highest BCUT2D eigenvalue weighted by atomic mass is 32.1. The zero-order valence-electron chi connectivity index (χ0n) is 11.4. The van der Waals surface area contributed by atoms with Crippen molar-refractivity contribution in [1.82, 2.24) is 0 Å². The Morgan fingerprint density at radius 1 is 1.10 bits per heavy atom. The Kier molecular flexibility index (Phi) is 4.15. The molecule has 0 spiro atoms. The van der Waals surface area contributed by atoms with Crippen LogP contribution in [0, 0.1) is 13.8 Å². The van der Waals surface area contributed by atoms with Gasteiger partial charge < -0.3 is 11.1 Å². The van der Waals surface area contributed by atoms with Crippen LogP contribution in [0.2, 0.25) is 0 Å². The van der Waals surface area contributed by atoms with E-state index in [0.29, 0.717) is 16.8 Å². The number of aryl methyl sites for hydroxylation is 2. The number of rotatable bonds is 3. The molecule has 20 heavy (non-hydrogen) atoms. The van der Waals surface area contributed by atoms with E-state index < -0.39 is 0 Å². The number of carbonyl (C=O) groups excluding carboxylic acids is 1. The molecular weight excluding hydrogens is 268 g/mol. The number of nitrogens with two attached hydrogens (primary N) is 1. The fourth-order valence-electron chi connectivity index (χ4n) is 2.06. The Morgan fingerprint density at radius 3 is 2.45 bits per heavy atom. The fraction of sp³-hybridized carbons (Fsp3) is 0.125. The van der Waals surface area contributed by atoms with Crippen molar-refractivity contribution in [2.45, 2.75) is 13.8 Å². The van der Waals surface area contributed by atoms with Gasteiger partial charge in [-0.2, -0.15) is 0 Å². The minimum Gasteiger partial charge on any atom is -0.389 e. The van der Waals surface area contributed by atoms with Gasteiger partial charge in [-0.15, -0.1) is 0 Å². The average Bonchev–Trinajstić information content (AvgIpc) is 2.38. The van der Waals surface area contributed by atoms with Gasteiger partial charge in [0.2, 0.25) is 0 Å². The predicted octanol–water partition coefficient (Wildman–Crippen LogP) is 3.19. The fourth-order valence-corrected chi connectivity index (χ4v) is 2.24. The summed E-state index contributed by atoms with van der Waals surface area (Å²) in [6.45, 7) is 3.91. The van der Waals surface area contributed by atoms with E-state index in [2.05, 4.69) is 5.32 Å². The molecule has 0 heterocycles. The number of anilines is 1. The van der Waals surface area contributed by atoms with Crippen molar-refractivity contribution in [2.24, 2.45) is 5.73 Å². The van der Waals surface area contributed by atoms with Crippen LogP contribution in [0.1, 0.15) is 27.0 Å². The molecule has 2 rings (SSSR count). The number of carbonyl (C=O) groups is 1. The lowest BCUT2D eigenvalue weighted by Gasteiger charge is -2.11. The summed E-state index contributed by atoms with van der Waals surface area (Å²) in [5, 5.41) is 2.86. The van der Waals surface area contributed by atoms with Crippen LogP contribution >= 0.6 is 12.2 Å². The van der Waals surface area contributed by atoms with Gasteiger partial charge in [0.05, 0.1) is 5.69 Å². The Labute approximate surface area is 123 Å². The van der Waals surface area contributed by atoms with Gasteiger partial charge in [-0.1, -0.05) is 42.0 Å². The van der Waals surface area contributed by atoms with Crippen LogP contribution in [0.5, 0.6) is 0 Å². The third-order valence-corrected chi connectivity index (χ3v) is 3.29. The van der Waals surface area contributed by atoms with Crippen LogP contribution in [0.25, 0.3) is 0 Å². The van der Waals surface area contributed by atoms with Gasteiger partial charge in [-0.3, -0.25) is 4.79 Å². The summed E-state index contributed by atoms with van der Waals surface area (Å²) in [6.07, 6.45) is 0. The molecule has 102 valence electrons. The molecule has 4 heteroatoms. The quantitative estimate of drug-likeness (QED) is 0.851. The number of thiocarbonyl (C=S) groups is 1. The lowest BCUT2D eigenvalue weighted by Crippen LogP contribution is -2.18. The predicted molar refractivity (Wildman–Crippen MR) is 86.2 cm³/mol. The summed E-state index contributed by atoms with van der Waals surface area (Å²) >= 11 is 4.99. The average molecular weight is 284 g/mol. The standard InChI is InChI=1S/C16H16N2OS/c1-10-7-8-12(11(2)9-10)16(19)18-14-6-4-3-5-13(14)15(17)20/h3-9H,1-2H3,(H2,17,20)(H,18,19). The number of hydrogen-bond donors (Lipinski definition) is 2. The maximum Gasteiger partial charge on any atom is 0.255 e. The van der Waals surface area contributed by atoms with Gasteiger partial charge in [0.1, 0.15) is 4.99 Å². The molecule has 0 saturated heterocycles. The third-order valence-electron chi connectivity index (χ3n) is 3.07.